The predicted molar refractivity (Wildman–Crippen MR) is 84.7 cm³/mol. The van der Waals surface area contributed by atoms with E-state index in [1.165, 1.54) is 12.1 Å². The number of ether oxygens (including phenoxy) is 1. The molecule has 21 heavy (non-hydrogen) atoms. The Bertz CT molecular complexity index is 630. The fourth-order valence-corrected chi connectivity index (χ4v) is 2.67. The van der Waals surface area contributed by atoms with Gasteiger partial charge in [-0.15, -0.1) is 0 Å². The average molecular weight is 308 g/mol. The molecule has 0 saturated carbocycles. The smallest absolute Gasteiger partial charge is 0.124 e. The van der Waals surface area contributed by atoms with E-state index in [2.05, 4.69) is 5.32 Å². The third-order valence-electron chi connectivity index (χ3n) is 3.45. The van der Waals surface area contributed by atoms with Crippen molar-refractivity contribution < 1.29 is 9.13 Å². The van der Waals surface area contributed by atoms with Crippen LogP contribution in [-0.4, -0.2) is 13.7 Å². The molecule has 4 heteroatoms. The fourth-order valence-electron chi connectivity index (χ4n) is 2.49. The molecule has 2 nitrogen and oxygen atoms in total. The first-order valence-corrected chi connectivity index (χ1v) is 7.27. The highest BCUT2D eigenvalue weighted by Crippen LogP contribution is 2.33. The number of halogens is 2. The highest BCUT2D eigenvalue weighted by atomic mass is 35.5. The maximum absolute atomic E-state index is 13.3. The standard InChI is InChI=1S/C17H19ClFNO/c1-4-20-17(14-7-6-13(19)9-11(14)2)15-10-12(18)5-8-16(15)21-3/h5-10,17,20H,4H2,1-3H3. The summed E-state index contributed by atoms with van der Waals surface area (Å²) in [7, 11) is 1.63. The summed E-state index contributed by atoms with van der Waals surface area (Å²) < 4.78 is 18.8. The Morgan fingerprint density at radius 3 is 2.57 bits per heavy atom. The summed E-state index contributed by atoms with van der Waals surface area (Å²) in [4.78, 5) is 0. The molecular weight excluding hydrogens is 289 g/mol. The molecule has 1 atom stereocenters. The second-order valence-electron chi connectivity index (χ2n) is 4.88. The Hall–Kier alpha value is -1.58. The minimum atomic E-state index is -0.232. The van der Waals surface area contributed by atoms with Gasteiger partial charge >= 0.3 is 0 Å². The molecule has 2 aromatic rings. The van der Waals surface area contributed by atoms with E-state index in [1.807, 2.05) is 26.0 Å². The summed E-state index contributed by atoms with van der Waals surface area (Å²) >= 11 is 6.13. The van der Waals surface area contributed by atoms with Crippen molar-refractivity contribution in [3.63, 3.8) is 0 Å². The highest BCUT2D eigenvalue weighted by Gasteiger charge is 2.19. The van der Waals surface area contributed by atoms with Crippen LogP contribution in [0.5, 0.6) is 5.75 Å². The number of methoxy groups -OCH3 is 1. The number of hydrogen-bond donors (Lipinski definition) is 1. The number of nitrogens with one attached hydrogen (secondary N) is 1. The van der Waals surface area contributed by atoms with Gasteiger partial charge in [0.1, 0.15) is 11.6 Å². The zero-order valence-electron chi connectivity index (χ0n) is 12.4. The second-order valence-corrected chi connectivity index (χ2v) is 5.31. The molecule has 0 aliphatic heterocycles. The van der Waals surface area contributed by atoms with Gasteiger partial charge < -0.3 is 10.1 Å². The highest BCUT2D eigenvalue weighted by molar-refractivity contribution is 6.30. The first kappa shape index (κ1) is 15.8. The van der Waals surface area contributed by atoms with Gasteiger partial charge in [0, 0.05) is 10.6 Å². The lowest BCUT2D eigenvalue weighted by Gasteiger charge is -2.23. The maximum Gasteiger partial charge on any atom is 0.124 e. The van der Waals surface area contributed by atoms with E-state index in [-0.39, 0.29) is 11.9 Å². The zero-order chi connectivity index (χ0) is 15.4. The maximum atomic E-state index is 13.3. The second kappa shape index (κ2) is 6.92. The topological polar surface area (TPSA) is 21.3 Å². The first-order chi connectivity index (χ1) is 10.1. The lowest BCUT2D eigenvalue weighted by atomic mass is 9.94. The van der Waals surface area contributed by atoms with Crippen LogP contribution in [-0.2, 0) is 0 Å². The molecule has 1 unspecified atom stereocenters. The minimum Gasteiger partial charge on any atom is -0.496 e. The van der Waals surface area contributed by atoms with Crippen LogP contribution >= 0.6 is 11.6 Å². The summed E-state index contributed by atoms with van der Waals surface area (Å²) in [5.74, 6) is 0.527. The molecule has 0 spiro atoms. The normalized spacial score (nSPS) is 12.2. The van der Waals surface area contributed by atoms with Gasteiger partial charge in [-0.3, -0.25) is 0 Å². The lowest BCUT2D eigenvalue weighted by Crippen LogP contribution is -2.23. The van der Waals surface area contributed by atoms with Crippen LogP contribution in [0.25, 0.3) is 0 Å². The van der Waals surface area contributed by atoms with Crippen molar-refractivity contribution in [1.82, 2.24) is 5.32 Å². The van der Waals surface area contributed by atoms with Gasteiger partial charge in [-0.2, -0.15) is 0 Å². The molecule has 0 amide bonds. The van der Waals surface area contributed by atoms with Crippen molar-refractivity contribution in [1.29, 1.82) is 0 Å². The Labute approximate surface area is 129 Å². The van der Waals surface area contributed by atoms with Crippen LogP contribution in [0, 0.1) is 12.7 Å². The van der Waals surface area contributed by atoms with Crippen molar-refractivity contribution in [2.75, 3.05) is 13.7 Å². The lowest BCUT2D eigenvalue weighted by molar-refractivity contribution is 0.404. The van der Waals surface area contributed by atoms with E-state index in [1.54, 1.807) is 19.2 Å². The van der Waals surface area contributed by atoms with Crippen LogP contribution in [0.1, 0.15) is 29.7 Å². The van der Waals surface area contributed by atoms with E-state index in [4.69, 9.17) is 16.3 Å². The third kappa shape index (κ3) is 3.55. The van der Waals surface area contributed by atoms with E-state index in [0.29, 0.717) is 5.02 Å². The quantitative estimate of drug-likeness (QED) is 0.878. The van der Waals surface area contributed by atoms with E-state index in [0.717, 1.165) is 29.0 Å². The fraction of sp³-hybridized carbons (Fsp3) is 0.294. The van der Waals surface area contributed by atoms with Crippen molar-refractivity contribution in [2.24, 2.45) is 0 Å². The Kier molecular flexibility index (Phi) is 5.21. The monoisotopic (exact) mass is 307 g/mol. The molecule has 0 aliphatic carbocycles. The molecule has 0 fully saturated rings. The van der Waals surface area contributed by atoms with Gasteiger partial charge in [0.2, 0.25) is 0 Å². The summed E-state index contributed by atoms with van der Waals surface area (Å²) in [6, 6.07) is 10.3. The molecule has 2 rings (SSSR count). The van der Waals surface area contributed by atoms with Crippen LogP contribution < -0.4 is 10.1 Å². The largest absolute Gasteiger partial charge is 0.496 e. The summed E-state index contributed by atoms with van der Waals surface area (Å²) in [5, 5.41) is 4.06. The summed E-state index contributed by atoms with van der Waals surface area (Å²) in [6.45, 7) is 4.71. The molecule has 1 N–H and O–H groups in total. The molecule has 112 valence electrons. The SMILES string of the molecule is CCNC(c1ccc(F)cc1C)c1cc(Cl)ccc1OC. The summed E-state index contributed by atoms with van der Waals surface area (Å²) in [6.07, 6.45) is 0. The molecule has 0 saturated heterocycles. The Morgan fingerprint density at radius 1 is 1.19 bits per heavy atom. The van der Waals surface area contributed by atoms with E-state index < -0.39 is 0 Å². The van der Waals surface area contributed by atoms with Gasteiger partial charge in [-0.1, -0.05) is 24.6 Å². The molecule has 0 radical (unpaired) electrons. The van der Waals surface area contributed by atoms with Gasteiger partial charge in [0.15, 0.2) is 0 Å². The molecule has 0 bridgehead atoms. The van der Waals surface area contributed by atoms with Gasteiger partial charge in [-0.25, -0.2) is 4.39 Å². The first-order valence-electron chi connectivity index (χ1n) is 6.89. The Balaban J connectivity index is 2.55. The third-order valence-corrected chi connectivity index (χ3v) is 3.69. The van der Waals surface area contributed by atoms with Crippen LogP contribution in [0.2, 0.25) is 5.02 Å². The van der Waals surface area contributed by atoms with Crippen LogP contribution in [0.3, 0.4) is 0 Å². The van der Waals surface area contributed by atoms with Crippen molar-refractivity contribution >= 4 is 11.6 Å². The number of aryl methyl sites for hydroxylation is 1. The van der Waals surface area contributed by atoms with E-state index in [9.17, 15) is 4.39 Å². The number of rotatable bonds is 5. The predicted octanol–water partition coefficient (Wildman–Crippen LogP) is 4.50. The molecular formula is C17H19ClFNO. The Morgan fingerprint density at radius 2 is 1.95 bits per heavy atom. The average Bonchev–Trinajstić information content (AvgIpc) is 2.45. The molecule has 0 aromatic heterocycles. The van der Waals surface area contributed by atoms with Crippen molar-refractivity contribution in [2.45, 2.75) is 19.9 Å². The van der Waals surface area contributed by atoms with Crippen LogP contribution in [0.4, 0.5) is 4.39 Å². The number of hydrogen-bond acceptors (Lipinski definition) is 2. The molecule has 0 heterocycles. The van der Waals surface area contributed by atoms with Gasteiger partial charge in [-0.05, 0) is 54.9 Å². The van der Waals surface area contributed by atoms with Crippen molar-refractivity contribution in [3.05, 3.63) is 63.9 Å². The number of benzene rings is 2. The van der Waals surface area contributed by atoms with Gasteiger partial charge in [0.05, 0.1) is 13.2 Å². The van der Waals surface area contributed by atoms with Crippen LogP contribution in [0.15, 0.2) is 36.4 Å². The summed E-state index contributed by atoms with van der Waals surface area (Å²) in [5.41, 5.74) is 2.85. The van der Waals surface area contributed by atoms with E-state index >= 15 is 0 Å². The van der Waals surface area contributed by atoms with Gasteiger partial charge in [0.25, 0.3) is 0 Å². The minimum absolute atomic E-state index is 0.0933. The molecule has 0 aliphatic rings. The van der Waals surface area contributed by atoms with Crippen molar-refractivity contribution in [3.8, 4) is 5.75 Å². The molecule has 2 aromatic carbocycles. The zero-order valence-corrected chi connectivity index (χ0v) is 13.2.